The van der Waals surface area contributed by atoms with Crippen molar-refractivity contribution in [3.63, 3.8) is 0 Å². The average molecular weight is 273 g/mol. The number of nitro groups is 1. The van der Waals surface area contributed by atoms with Crippen molar-refractivity contribution in [1.29, 1.82) is 0 Å². The van der Waals surface area contributed by atoms with Crippen LogP contribution in [0.2, 0.25) is 0 Å². The van der Waals surface area contributed by atoms with Gasteiger partial charge < -0.3 is 10.5 Å². The minimum Gasteiger partial charge on any atom is -0.398 e. The lowest BCUT2D eigenvalue weighted by Crippen LogP contribution is -2.20. The van der Waals surface area contributed by atoms with E-state index in [1.807, 2.05) is 0 Å². The average Bonchev–Trinajstić information content (AvgIpc) is 2.13. The summed E-state index contributed by atoms with van der Waals surface area (Å²) in [5, 5.41) is 10.5. The molecular formula is C7H4F5N3O3. The van der Waals surface area contributed by atoms with Crippen LogP contribution in [0.1, 0.15) is 12.0 Å². The van der Waals surface area contributed by atoms with Crippen LogP contribution in [-0.4, -0.2) is 16.3 Å². The van der Waals surface area contributed by atoms with Crippen molar-refractivity contribution in [1.82, 2.24) is 4.98 Å². The zero-order valence-electron chi connectivity index (χ0n) is 8.24. The molecule has 0 aliphatic rings. The molecule has 1 aromatic rings. The summed E-state index contributed by atoms with van der Waals surface area (Å²) in [5.41, 5.74) is 2.14. The van der Waals surface area contributed by atoms with Crippen molar-refractivity contribution >= 4 is 11.5 Å². The summed E-state index contributed by atoms with van der Waals surface area (Å²) in [6.07, 6.45) is -8.52. The summed E-state index contributed by atoms with van der Waals surface area (Å²) < 4.78 is 64.1. The van der Waals surface area contributed by atoms with E-state index in [1.54, 1.807) is 0 Å². The van der Waals surface area contributed by atoms with Gasteiger partial charge in [-0.15, -0.1) is 13.2 Å². The van der Waals surface area contributed by atoms with Gasteiger partial charge >= 0.3 is 12.0 Å². The van der Waals surface area contributed by atoms with Crippen molar-refractivity contribution in [2.75, 3.05) is 5.73 Å². The van der Waals surface area contributed by atoms with Gasteiger partial charge in [0.1, 0.15) is 0 Å². The summed E-state index contributed by atoms with van der Waals surface area (Å²) in [6.45, 7) is 0. The molecule has 1 aromatic heterocycles. The molecule has 0 saturated heterocycles. The number of aromatic nitrogens is 1. The predicted octanol–water partition coefficient (Wildman–Crippen LogP) is 2.41. The Morgan fingerprint density at radius 2 is 2.00 bits per heavy atom. The molecule has 0 unspecified atom stereocenters. The molecule has 0 amide bonds. The fourth-order valence-corrected chi connectivity index (χ4v) is 1.07. The van der Waals surface area contributed by atoms with Gasteiger partial charge in [-0.1, -0.05) is 0 Å². The molecule has 0 spiro atoms. The quantitative estimate of drug-likeness (QED) is 0.518. The lowest BCUT2D eigenvalue weighted by Gasteiger charge is -2.13. The summed E-state index contributed by atoms with van der Waals surface area (Å²) >= 11 is 0. The van der Waals surface area contributed by atoms with Crippen LogP contribution in [0.3, 0.4) is 0 Å². The monoisotopic (exact) mass is 273 g/mol. The molecule has 1 rings (SSSR count). The Labute approximate surface area is 95.3 Å². The molecule has 0 aliphatic heterocycles. The Morgan fingerprint density at radius 1 is 1.44 bits per heavy atom. The molecule has 100 valence electrons. The fraction of sp³-hybridized carbons (Fsp3) is 0.286. The molecule has 0 radical (unpaired) electrons. The molecule has 0 saturated carbocycles. The normalized spacial score (nSPS) is 11.7. The number of pyridine rings is 1. The molecule has 0 aliphatic carbocycles. The molecule has 0 bridgehead atoms. The first-order chi connectivity index (χ1) is 8.13. The summed E-state index contributed by atoms with van der Waals surface area (Å²) in [7, 11) is 0. The van der Waals surface area contributed by atoms with Gasteiger partial charge in [-0.2, -0.15) is 0 Å². The minimum atomic E-state index is -5.37. The summed E-state index contributed by atoms with van der Waals surface area (Å²) in [4.78, 5) is 12.1. The molecule has 0 fully saturated rings. The van der Waals surface area contributed by atoms with E-state index in [4.69, 9.17) is 5.73 Å². The summed E-state index contributed by atoms with van der Waals surface area (Å²) in [6, 6.07) is 0. The van der Waals surface area contributed by atoms with Crippen molar-refractivity contribution in [2.24, 2.45) is 0 Å². The van der Waals surface area contributed by atoms with Gasteiger partial charge in [-0.25, -0.2) is 13.8 Å². The minimum absolute atomic E-state index is 0.286. The number of hydrogen-bond donors (Lipinski definition) is 1. The Bertz CT molecular complexity index is 476. The molecule has 11 heteroatoms. The number of rotatable bonds is 3. The van der Waals surface area contributed by atoms with Crippen molar-refractivity contribution in [2.45, 2.75) is 12.8 Å². The second-order valence-corrected chi connectivity index (χ2v) is 2.88. The molecule has 0 atom stereocenters. The van der Waals surface area contributed by atoms with Crippen LogP contribution in [0.5, 0.6) is 5.75 Å². The SMILES string of the molecule is Nc1ncc(C(F)F)c(OC(F)(F)F)c1[N+](=O)[O-]. The third kappa shape index (κ3) is 2.93. The Morgan fingerprint density at radius 3 is 2.39 bits per heavy atom. The Hall–Kier alpha value is -2.20. The van der Waals surface area contributed by atoms with Crippen molar-refractivity contribution in [3.8, 4) is 5.75 Å². The molecule has 2 N–H and O–H groups in total. The number of nitrogens with zero attached hydrogens (tertiary/aromatic N) is 2. The van der Waals surface area contributed by atoms with E-state index in [-0.39, 0.29) is 6.20 Å². The molecular weight excluding hydrogens is 269 g/mol. The first kappa shape index (κ1) is 13.9. The van der Waals surface area contributed by atoms with Gasteiger partial charge in [0.25, 0.3) is 6.43 Å². The maximum atomic E-state index is 12.4. The molecule has 6 nitrogen and oxygen atoms in total. The lowest BCUT2D eigenvalue weighted by molar-refractivity contribution is -0.388. The maximum Gasteiger partial charge on any atom is 0.573 e. The second-order valence-electron chi connectivity index (χ2n) is 2.88. The molecule has 1 heterocycles. The second kappa shape index (κ2) is 4.58. The smallest absolute Gasteiger partial charge is 0.398 e. The van der Waals surface area contributed by atoms with Gasteiger partial charge in [0.2, 0.25) is 11.6 Å². The highest BCUT2D eigenvalue weighted by Gasteiger charge is 2.39. The summed E-state index contributed by atoms with van der Waals surface area (Å²) in [5.74, 6) is -2.61. The standard InChI is InChI=1S/C7H4F5N3O3/c8-5(9)2-1-14-6(13)3(15(16)17)4(2)18-7(10,11)12/h1,5H,(H2,13,14). The zero-order valence-corrected chi connectivity index (χ0v) is 8.24. The van der Waals surface area contributed by atoms with Gasteiger partial charge in [0.15, 0.2) is 0 Å². The van der Waals surface area contributed by atoms with Gasteiger partial charge in [-0.3, -0.25) is 10.1 Å². The number of nitrogens with two attached hydrogens (primary N) is 1. The van der Waals surface area contributed by atoms with Crippen LogP contribution in [0, 0.1) is 10.1 Å². The van der Waals surface area contributed by atoms with E-state index in [2.05, 4.69) is 9.72 Å². The third-order valence-electron chi connectivity index (χ3n) is 1.70. The van der Waals surface area contributed by atoms with Gasteiger partial charge in [0.05, 0.1) is 10.5 Å². The van der Waals surface area contributed by atoms with E-state index in [0.29, 0.717) is 0 Å². The number of nitrogen functional groups attached to an aromatic ring is 1. The predicted molar refractivity (Wildman–Crippen MR) is 46.9 cm³/mol. The molecule has 18 heavy (non-hydrogen) atoms. The van der Waals surface area contributed by atoms with Crippen LogP contribution in [0.15, 0.2) is 6.20 Å². The van der Waals surface area contributed by atoms with E-state index in [9.17, 15) is 32.1 Å². The van der Waals surface area contributed by atoms with Crippen LogP contribution in [-0.2, 0) is 0 Å². The van der Waals surface area contributed by atoms with Crippen LogP contribution in [0.4, 0.5) is 33.5 Å². The highest BCUT2D eigenvalue weighted by Crippen LogP contribution is 2.41. The van der Waals surface area contributed by atoms with Crippen LogP contribution in [0.25, 0.3) is 0 Å². The lowest BCUT2D eigenvalue weighted by atomic mass is 10.2. The van der Waals surface area contributed by atoms with E-state index in [0.717, 1.165) is 0 Å². The number of ether oxygens (including phenoxy) is 1. The zero-order chi connectivity index (χ0) is 14.1. The van der Waals surface area contributed by atoms with Crippen molar-refractivity contribution in [3.05, 3.63) is 21.9 Å². The highest BCUT2D eigenvalue weighted by atomic mass is 19.4. The van der Waals surface area contributed by atoms with Gasteiger partial charge in [-0.05, 0) is 0 Å². The van der Waals surface area contributed by atoms with Crippen LogP contribution >= 0.6 is 0 Å². The Balaban J connectivity index is 3.48. The number of halogens is 5. The van der Waals surface area contributed by atoms with E-state index >= 15 is 0 Å². The first-order valence-corrected chi connectivity index (χ1v) is 4.10. The van der Waals surface area contributed by atoms with Gasteiger partial charge in [0, 0.05) is 6.20 Å². The highest BCUT2D eigenvalue weighted by molar-refractivity contribution is 5.64. The van der Waals surface area contributed by atoms with E-state index < -0.39 is 40.5 Å². The van der Waals surface area contributed by atoms with Crippen LogP contribution < -0.4 is 10.5 Å². The maximum absolute atomic E-state index is 12.4. The number of hydrogen-bond acceptors (Lipinski definition) is 5. The third-order valence-corrected chi connectivity index (χ3v) is 1.70. The largest absolute Gasteiger partial charge is 0.573 e. The number of anilines is 1. The molecule has 0 aromatic carbocycles. The Kier molecular flexibility index (Phi) is 3.53. The fourth-order valence-electron chi connectivity index (χ4n) is 1.07. The van der Waals surface area contributed by atoms with E-state index in [1.165, 1.54) is 0 Å². The van der Waals surface area contributed by atoms with Crippen molar-refractivity contribution < 1.29 is 31.6 Å². The topological polar surface area (TPSA) is 91.3 Å². The first-order valence-electron chi connectivity index (χ1n) is 4.10. The number of alkyl halides is 5.